The molecule has 0 saturated carbocycles. The minimum atomic E-state index is -4.78. The highest BCUT2D eigenvalue weighted by atomic mass is 19.4. The van der Waals surface area contributed by atoms with E-state index in [9.17, 15) is 22.4 Å². The zero-order valence-corrected chi connectivity index (χ0v) is 14.4. The van der Waals surface area contributed by atoms with Crippen molar-refractivity contribution in [2.45, 2.75) is 6.18 Å². The first-order valence-corrected chi connectivity index (χ1v) is 7.93. The Kier molecular flexibility index (Phi) is 4.88. The molecule has 1 heterocycles. The number of nitrogens with one attached hydrogen (secondary N) is 1. The molecule has 0 radical (unpaired) electrons. The molecule has 3 rings (SSSR count). The van der Waals surface area contributed by atoms with Gasteiger partial charge in [-0.05, 0) is 30.3 Å². The van der Waals surface area contributed by atoms with Gasteiger partial charge in [0.2, 0.25) is 0 Å². The number of aryl methyl sites for hydroxylation is 1. The van der Waals surface area contributed by atoms with E-state index in [2.05, 4.69) is 10.4 Å². The minimum absolute atomic E-state index is 0.204. The molecule has 3 aromatic rings. The SMILES string of the molecule is Cn1nc(C(=O)Nc2ccccc2C#N)cc1-c1c(F)cccc1C(F)(F)F. The molecule has 142 valence electrons. The Morgan fingerprint density at radius 2 is 1.89 bits per heavy atom. The van der Waals surface area contributed by atoms with Crippen LogP contribution in [-0.2, 0) is 13.2 Å². The number of carbonyl (C=O) groups is 1. The number of rotatable bonds is 3. The minimum Gasteiger partial charge on any atom is -0.319 e. The lowest BCUT2D eigenvalue weighted by molar-refractivity contribution is -0.137. The van der Waals surface area contributed by atoms with Crippen molar-refractivity contribution >= 4 is 11.6 Å². The molecule has 1 amide bonds. The summed E-state index contributed by atoms with van der Waals surface area (Å²) in [6.45, 7) is 0. The summed E-state index contributed by atoms with van der Waals surface area (Å²) in [7, 11) is 1.31. The summed E-state index contributed by atoms with van der Waals surface area (Å²) in [6, 6.07) is 11.8. The fraction of sp³-hybridized carbons (Fsp3) is 0.105. The van der Waals surface area contributed by atoms with Gasteiger partial charge in [-0.3, -0.25) is 9.48 Å². The van der Waals surface area contributed by atoms with Crippen LogP contribution in [0.1, 0.15) is 21.6 Å². The molecule has 0 saturated heterocycles. The number of alkyl halides is 3. The van der Waals surface area contributed by atoms with Gasteiger partial charge in [-0.2, -0.15) is 23.5 Å². The molecule has 0 fully saturated rings. The number of nitrogens with zero attached hydrogens (tertiary/aromatic N) is 3. The van der Waals surface area contributed by atoms with Gasteiger partial charge in [-0.15, -0.1) is 0 Å². The molecule has 5 nitrogen and oxygen atoms in total. The van der Waals surface area contributed by atoms with Gasteiger partial charge in [0.05, 0.1) is 22.5 Å². The average Bonchev–Trinajstić information content (AvgIpc) is 3.02. The highest BCUT2D eigenvalue weighted by Gasteiger charge is 2.36. The van der Waals surface area contributed by atoms with Gasteiger partial charge in [0.15, 0.2) is 5.69 Å². The Morgan fingerprint density at radius 1 is 1.18 bits per heavy atom. The second-order valence-electron chi connectivity index (χ2n) is 5.81. The number of halogens is 4. The van der Waals surface area contributed by atoms with Crippen LogP contribution in [0.4, 0.5) is 23.2 Å². The van der Waals surface area contributed by atoms with E-state index in [0.29, 0.717) is 0 Å². The number of carbonyl (C=O) groups excluding carboxylic acids is 1. The van der Waals surface area contributed by atoms with Crippen LogP contribution in [0.15, 0.2) is 48.5 Å². The smallest absolute Gasteiger partial charge is 0.319 e. The number of para-hydroxylation sites is 1. The van der Waals surface area contributed by atoms with Gasteiger partial charge < -0.3 is 5.32 Å². The van der Waals surface area contributed by atoms with Crippen LogP contribution in [0.5, 0.6) is 0 Å². The van der Waals surface area contributed by atoms with Crippen LogP contribution < -0.4 is 5.32 Å². The van der Waals surface area contributed by atoms with Crippen LogP contribution >= 0.6 is 0 Å². The molecule has 2 aromatic carbocycles. The summed E-state index contributed by atoms with van der Waals surface area (Å²) in [5, 5.41) is 15.4. The lowest BCUT2D eigenvalue weighted by Crippen LogP contribution is -2.13. The van der Waals surface area contributed by atoms with Gasteiger partial charge in [0.25, 0.3) is 5.91 Å². The first kappa shape index (κ1) is 19.1. The lowest BCUT2D eigenvalue weighted by Gasteiger charge is -2.13. The van der Waals surface area contributed by atoms with Gasteiger partial charge in [-0.1, -0.05) is 18.2 Å². The molecule has 9 heteroatoms. The normalized spacial score (nSPS) is 11.1. The van der Waals surface area contributed by atoms with Crippen molar-refractivity contribution in [1.29, 1.82) is 5.26 Å². The molecule has 1 N–H and O–H groups in total. The van der Waals surface area contributed by atoms with Gasteiger partial charge >= 0.3 is 6.18 Å². The molecule has 1 aromatic heterocycles. The van der Waals surface area contributed by atoms with Gasteiger partial charge in [0.1, 0.15) is 11.9 Å². The van der Waals surface area contributed by atoms with Crippen molar-refractivity contribution in [3.63, 3.8) is 0 Å². The summed E-state index contributed by atoms with van der Waals surface area (Å²) in [4.78, 5) is 12.4. The number of hydrogen-bond donors (Lipinski definition) is 1. The Balaban J connectivity index is 2.02. The maximum atomic E-state index is 14.2. The number of nitriles is 1. The Hall–Kier alpha value is -3.67. The monoisotopic (exact) mass is 388 g/mol. The Morgan fingerprint density at radius 3 is 2.57 bits per heavy atom. The second-order valence-corrected chi connectivity index (χ2v) is 5.81. The molecule has 0 atom stereocenters. The predicted octanol–water partition coefficient (Wildman–Crippen LogP) is 4.37. The first-order chi connectivity index (χ1) is 13.2. The third-order valence-electron chi connectivity index (χ3n) is 3.98. The van der Waals surface area contributed by atoms with E-state index in [1.165, 1.54) is 19.2 Å². The van der Waals surface area contributed by atoms with E-state index < -0.39 is 29.0 Å². The summed E-state index contributed by atoms with van der Waals surface area (Å²) < 4.78 is 55.1. The zero-order valence-electron chi connectivity index (χ0n) is 14.4. The maximum absolute atomic E-state index is 14.2. The number of hydrogen-bond acceptors (Lipinski definition) is 3. The van der Waals surface area contributed by atoms with E-state index in [4.69, 9.17) is 5.26 Å². The Labute approximate surface area is 156 Å². The molecule has 0 bridgehead atoms. The zero-order chi connectivity index (χ0) is 20.5. The lowest BCUT2D eigenvalue weighted by atomic mass is 10.0. The number of amides is 1. The average molecular weight is 388 g/mol. The predicted molar refractivity (Wildman–Crippen MR) is 92.7 cm³/mol. The first-order valence-electron chi connectivity index (χ1n) is 7.93. The molecule has 0 aliphatic carbocycles. The van der Waals surface area contributed by atoms with Crippen molar-refractivity contribution in [2.75, 3.05) is 5.32 Å². The van der Waals surface area contributed by atoms with Gasteiger partial charge in [-0.25, -0.2) is 4.39 Å². The molecule has 28 heavy (non-hydrogen) atoms. The van der Waals surface area contributed by atoms with E-state index in [0.717, 1.165) is 28.9 Å². The van der Waals surface area contributed by atoms with E-state index in [1.807, 2.05) is 6.07 Å². The number of anilines is 1. The highest BCUT2D eigenvalue weighted by Crippen LogP contribution is 2.38. The van der Waals surface area contributed by atoms with E-state index >= 15 is 0 Å². The molecule has 0 unspecified atom stereocenters. The van der Waals surface area contributed by atoms with Crippen LogP contribution in [0.2, 0.25) is 0 Å². The van der Waals surface area contributed by atoms with Crippen molar-refractivity contribution < 1.29 is 22.4 Å². The summed E-state index contributed by atoms with van der Waals surface area (Å²) in [5.74, 6) is -1.82. The molecular weight excluding hydrogens is 376 g/mol. The van der Waals surface area contributed by atoms with Crippen LogP contribution in [0.3, 0.4) is 0 Å². The van der Waals surface area contributed by atoms with E-state index in [1.54, 1.807) is 12.1 Å². The third-order valence-corrected chi connectivity index (χ3v) is 3.98. The number of benzene rings is 2. The maximum Gasteiger partial charge on any atom is 0.417 e. The fourth-order valence-electron chi connectivity index (χ4n) is 2.71. The fourth-order valence-corrected chi connectivity index (χ4v) is 2.71. The third kappa shape index (κ3) is 3.57. The summed E-state index contributed by atoms with van der Waals surface area (Å²) in [5.41, 5.74) is -1.85. The summed E-state index contributed by atoms with van der Waals surface area (Å²) in [6.07, 6.45) is -4.78. The topological polar surface area (TPSA) is 70.7 Å². The van der Waals surface area contributed by atoms with Crippen molar-refractivity contribution in [3.8, 4) is 17.3 Å². The largest absolute Gasteiger partial charge is 0.417 e. The Bertz CT molecular complexity index is 1100. The number of aromatic nitrogens is 2. The van der Waals surface area contributed by atoms with Crippen LogP contribution in [0, 0.1) is 17.1 Å². The van der Waals surface area contributed by atoms with Crippen LogP contribution in [0.25, 0.3) is 11.3 Å². The van der Waals surface area contributed by atoms with Crippen molar-refractivity contribution in [2.24, 2.45) is 7.05 Å². The standard InChI is InChI=1S/C19H12F4N4O/c1-27-16(17-12(19(21,22)23)6-4-7-13(17)20)9-15(26-27)18(28)25-14-8-3-2-5-11(14)10-24/h2-9H,1H3,(H,25,28). The van der Waals surface area contributed by atoms with Crippen molar-refractivity contribution in [3.05, 3.63) is 71.2 Å². The highest BCUT2D eigenvalue weighted by molar-refractivity contribution is 6.04. The second kappa shape index (κ2) is 7.15. The summed E-state index contributed by atoms with van der Waals surface area (Å²) >= 11 is 0. The molecule has 0 spiro atoms. The van der Waals surface area contributed by atoms with Crippen LogP contribution in [-0.4, -0.2) is 15.7 Å². The molecule has 0 aliphatic rings. The quantitative estimate of drug-likeness (QED) is 0.678. The van der Waals surface area contributed by atoms with Gasteiger partial charge in [0, 0.05) is 12.6 Å². The molecular formula is C19H12F4N4O. The molecule has 0 aliphatic heterocycles. The van der Waals surface area contributed by atoms with Crippen molar-refractivity contribution in [1.82, 2.24) is 9.78 Å². The van der Waals surface area contributed by atoms with E-state index in [-0.39, 0.29) is 22.6 Å².